The third-order valence-corrected chi connectivity index (χ3v) is 5.88. The van der Waals surface area contributed by atoms with Gasteiger partial charge >= 0.3 is 0 Å². The van der Waals surface area contributed by atoms with E-state index in [1.54, 1.807) is 0 Å². The van der Waals surface area contributed by atoms with Crippen molar-refractivity contribution in [2.45, 2.75) is 24.0 Å². The SMILES string of the molecule is Cc1cc(F)c(S(=O)(=O)N2CCO[C@H]3CNC[C@H]32)cc1F.Cl. The number of hydrogen-bond acceptors (Lipinski definition) is 4. The van der Waals surface area contributed by atoms with Crippen molar-refractivity contribution in [3.05, 3.63) is 29.3 Å². The van der Waals surface area contributed by atoms with Crippen molar-refractivity contribution >= 4 is 22.4 Å². The molecule has 5 nitrogen and oxygen atoms in total. The largest absolute Gasteiger partial charge is 0.374 e. The van der Waals surface area contributed by atoms with Crippen LogP contribution in [-0.4, -0.2) is 51.1 Å². The third-order valence-electron chi connectivity index (χ3n) is 3.94. The fourth-order valence-corrected chi connectivity index (χ4v) is 4.50. The molecule has 2 atom stereocenters. The predicted octanol–water partition coefficient (Wildman–Crippen LogP) is 1.06. The molecule has 124 valence electrons. The van der Waals surface area contributed by atoms with Crippen LogP contribution in [0.25, 0.3) is 0 Å². The molecular weight excluding hydrogens is 338 g/mol. The second kappa shape index (κ2) is 6.37. The summed E-state index contributed by atoms with van der Waals surface area (Å²) in [4.78, 5) is -0.613. The molecule has 3 rings (SSSR count). The Morgan fingerprint density at radius 2 is 2.00 bits per heavy atom. The van der Waals surface area contributed by atoms with Gasteiger partial charge in [-0.05, 0) is 24.6 Å². The van der Waals surface area contributed by atoms with Crippen LogP contribution in [-0.2, 0) is 14.8 Å². The molecule has 2 heterocycles. The Morgan fingerprint density at radius 1 is 1.27 bits per heavy atom. The van der Waals surface area contributed by atoms with E-state index in [4.69, 9.17) is 4.74 Å². The lowest BCUT2D eigenvalue weighted by atomic mass is 10.2. The second-order valence-corrected chi connectivity index (χ2v) is 7.14. The Kier molecular flexibility index (Phi) is 5.08. The molecule has 0 aliphatic carbocycles. The number of nitrogens with zero attached hydrogens (tertiary/aromatic N) is 1. The van der Waals surface area contributed by atoms with E-state index in [0.717, 1.165) is 12.1 Å². The molecule has 0 amide bonds. The number of fused-ring (bicyclic) bond motifs is 1. The Bertz CT molecular complexity index is 671. The molecule has 9 heteroatoms. The first-order valence-corrected chi connectivity index (χ1v) is 8.15. The summed E-state index contributed by atoms with van der Waals surface area (Å²) in [5, 5.41) is 3.05. The first-order chi connectivity index (χ1) is 9.91. The number of halogens is 3. The van der Waals surface area contributed by atoms with Crippen LogP contribution in [0.15, 0.2) is 17.0 Å². The molecule has 2 aliphatic heterocycles. The van der Waals surface area contributed by atoms with Gasteiger partial charge in [-0.3, -0.25) is 0 Å². The highest BCUT2D eigenvalue weighted by Gasteiger charge is 2.43. The van der Waals surface area contributed by atoms with Crippen molar-refractivity contribution < 1.29 is 21.9 Å². The van der Waals surface area contributed by atoms with Crippen LogP contribution in [0.1, 0.15) is 5.56 Å². The zero-order valence-electron chi connectivity index (χ0n) is 11.9. The second-order valence-electron chi connectivity index (χ2n) is 5.28. The normalized spacial score (nSPS) is 25.6. The molecule has 0 bridgehead atoms. The smallest absolute Gasteiger partial charge is 0.246 e. The maximum atomic E-state index is 14.0. The Morgan fingerprint density at radius 3 is 2.73 bits per heavy atom. The Labute approximate surface area is 134 Å². The number of morpholine rings is 1. The summed E-state index contributed by atoms with van der Waals surface area (Å²) in [5.41, 5.74) is 0.0776. The first-order valence-electron chi connectivity index (χ1n) is 6.71. The average Bonchev–Trinajstić information content (AvgIpc) is 2.90. The lowest BCUT2D eigenvalue weighted by Gasteiger charge is -2.35. The first kappa shape index (κ1) is 17.6. The van der Waals surface area contributed by atoms with Crippen molar-refractivity contribution in [2.24, 2.45) is 0 Å². The van der Waals surface area contributed by atoms with Gasteiger partial charge in [-0.2, -0.15) is 4.31 Å². The van der Waals surface area contributed by atoms with Gasteiger partial charge in [-0.25, -0.2) is 17.2 Å². The van der Waals surface area contributed by atoms with Gasteiger partial charge in [0.1, 0.15) is 16.5 Å². The van der Waals surface area contributed by atoms with E-state index in [1.807, 2.05) is 0 Å². The van der Waals surface area contributed by atoms with Crippen LogP contribution < -0.4 is 5.32 Å². The Hall–Kier alpha value is -0.800. The van der Waals surface area contributed by atoms with Crippen LogP contribution in [0.5, 0.6) is 0 Å². The average molecular weight is 355 g/mol. The van der Waals surface area contributed by atoms with E-state index < -0.39 is 26.6 Å². The molecule has 1 aromatic rings. The molecule has 2 aliphatic rings. The number of hydrogen-bond donors (Lipinski definition) is 1. The summed E-state index contributed by atoms with van der Waals surface area (Å²) >= 11 is 0. The molecule has 0 unspecified atom stereocenters. The maximum absolute atomic E-state index is 14.0. The van der Waals surface area contributed by atoms with Crippen molar-refractivity contribution in [1.29, 1.82) is 0 Å². The molecule has 2 fully saturated rings. The van der Waals surface area contributed by atoms with Gasteiger partial charge in [0.2, 0.25) is 10.0 Å². The van der Waals surface area contributed by atoms with Gasteiger partial charge in [0.15, 0.2) is 0 Å². The number of nitrogens with one attached hydrogen (secondary N) is 1. The topological polar surface area (TPSA) is 58.6 Å². The monoisotopic (exact) mass is 354 g/mol. The van der Waals surface area contributed by atoms with Gasteiger partial charge in [0.05, 0.1) is 18.8 Å². The van der Waals surface area contributed by atoms with Crippen molar-refractivity contribution in [3.63, 3.8) is 0 Å². The molecule has 1 N–H and O–H groups in total. The minimum absolute atomic E-state index is 0. The van der Waals surface area contributed by atoms with Gasteiger partial charge < -0.3 is 10.1 Å². The van der Waals surface area contributed by atoms with E-state index in [-0.39, 0.29) is 43.3 Å². The standard InChI is InChI=1S/C13H16F2N2O3S.ClH/c1-8-4-10(15)13(5-9(8)14)21(18,19)17-2-3-20-12-7-16-6-11(12)17;/h4-5,11-12,16H,2-3,6-7H2,1H3;1H/t11-,12+;/m1./s1. The minimum atomic E-state index is -4.09. The molecular formula is C13H17ClF2N2O3S. The number of rotatable bonds is 2. The van der Waals surface area contributed by atoms with Crippen molar-refractivity contribution in [2.75, 3.05) is 26.2 Å². The van der Waals surface area contributed by atoms with E-state index in [0.29, 0.717) is 13.1 Å². The number of ether oxygens (including phenoxy) is 1. The van der Waals surface area contributed by atoms with Crippen LogP contribution >= 0.6 is 12.4 Å². The molecule has 0 spiro atoms. The van der Waals surface area contributed by atoms with E-state index >= 15 is 0 Å². The zero-order chi connectivity index (χ0) is 15.2. The lowest BCUT2D eigenvalue weighted by molar-refractivity contribution is -0.0149. The number of sulfonamides is 1. The summed E-state index contributed by atoms with van der Waals surface area (Å²) in [6.07, 6.45) is -0.244. The zero-order valence-corrected chi connectivity index (χ0v) is 13.5. The van der Waals surface area contributed by atoms with Crippen molar-refractivity contribution in [3.8, 4) is 0 Å². The molecule has 1 aromatic carbocycles. The maximum Gasteiger partial charge on any atom is 0.246 e. The van der Waals surface area contributed by atoms with Gasteiger partial charge in [-0.1, -0.05) is 0 Å². The van der Waals surface area contributed by atoms with Gasteiger partial charge in [-0.15, -0.1) is 12.4 Å². The van der Waals surface area contributed by atoms with E-state index in [9.17, 15) is 17.2 Å². The number of aryl methyl sites for hydroxylation is 1. The van der Waals surface area contributed by atoms with Gasteiger partial charge in [0.25, 0.3) is 0 Å². The van der Waals surface area contributed by atoms with Crippen LogP contribution in [0.2, 0.25) is 0 Å². The summed E-state index contributed by atoms with van der Waals surface area (Å²) < 4.78 is 59.7. The molecule has 0 aromatic heterocycles. The van der Waals surface area contributed by atoms with Crippen molar-refractivity contribution in [1.82, 2.24) is 9.62 Å². The Balaban J connectivity index is 0.00000176. The van der Waals surface area contributed by atoms with Crippen LogP contribution in [0.3, 0.4) is 0 Å². The highest BCUT2D eigenvalue weighted by Crippen LogP contribution is 2.28. The van der Waals surface area contributed by atoms with E-state index in [1.165, 1.54) is 11.2 Å². The summed E-state index contributed by atoms with van der Waals surface area (Å²) in [6, 6.07) is 1.28. The molecule has 22 heavy (non-hydrogen) atoms. The summed E-state index contributed by atoms with van der Waals surface area (Å²) in [6.45, 7) is 2.78. The molecule has 0 saturated carbocycles. The molecule has 0 radical (unpaired) electrons. The highest BCUT2D eigenvalue weighted by molar-refractivity contribution is 7.89. The van der Waals surface area contributed by atoms with E-state index in [2.05, 4.69) is 5.32 Å². The highest BCUT2D eigenvalue weighted by atomic mass is 35.5. The minimum Gasteiger partial charge on any atom is -0.374 e. The summed E-state index contributed by atoms with van der Waals surface area (Å²) in [5.74, 6) is -1.66. The third kappa shape index (κ3) is 2.85. The predicted molar refractivity (Wildman–Crippen MR) is 78.6 cm³/mol. The summed E-state index contributed by atoms with van der Waals surface area (Å²) in [7, 11) is -4.09. The van der Waals surface area contributed by atoms with Crippen LogP contribution in [0.4, 0.5) is 8.78 Å². The quantitative estimate of drug-likeness (QED) is 0.862. The fraction of sp³-hybridized carbons (Fsp3) is 0.538. The van der Waals surface area contributed by atoms with Gasteiger partial charge in [0, 0.05) is 19.6 Å². The lowest BCUT2D eigenvalue weighted by Crippen LogP contribution is -2.53. The fourth-order valence-electron chi connectivity index (χ4n) is 2.81. The molecule has 2 saturated heterocycles. The number of benzene rings is 1. The van der Waals surface area contributed by atoms with Crippen LogP contribution in [0, 0.1) is 18.6 Å².